The van der Waals surface area contributed by atoms with Crippen molar-refractivity contribution in [3.63, 3.8) is 0 Å². The molecule has 0 spiro atoms. The molecule has 0 aromatic heterocycles. The fraction of sp³-hybridized carbons (Fsp3) is 0.214. The number of aromatic hydroxyl groups is 1. The second-order valence-electron chi connectivity index (χ2n) is 4.43. The predicted molar refractivity (Wildman–Crippen MR) is 68.8 cm³/mol. The van der Waals surface area contributed by atoms with Crippen LogP contribution in [0.4, 0.5) is 0 Å². The summed E-state index contributed by atoms with van der Waals surface area (Å²) in [6, 6.07) is 2.50. The summed E-state index contributed by atoms with van der Waals surface area (Å²) in [5, 5.41) is 19.9. The Balaban J connectivity index is 2.73. The van der Waals surface area contributed by atoms with Crippen molar-refractivity contribution in [1.82, 2.24) is 0 Å². The van der Waals surface area contributed by atoms with Gasteiger partial charge in [0.2, 0.25) is 11.6 Å². The molecule has 6 nitrogen and oxygen atoms in total. The molecule has 0 atom stereocenters. The number of rotatable bonds is 3. The number of allylic oxidation sites excluding steroid dienone is 1. The lowest BCUT2D eigenvalue weighted by molar-refractivity contribution is -0.118. The summed E-state index contributed by atoms with van der Waals surface area (Å²) < 4.78 is 4.93. The Morgan fingerprint density at radius 3 is 2.40 bits per heavy atom. The van der Waals surface area contributed by atoms with E-state index in [1.165, 1.54) is 26.2 Å². The van der Waals surface area contributed by atoms with Gasteiger partial charge in [0, 0.05) is 18.1 Å². The number of hydrogen-bond acceptors (Lipinski definition) is 6. The third-order valence-corrected chi connectivity index (χ3v) is 3.00. The summed E-state index contributed by atoms with van der Waals surface area (Å²) in [5.74, 6) is -3.00. The minimum absolute atomic E-state index is 0.0114. The predicted octanol–water partition coefficient (Wildman–Crippen LogP) is 1.41. The lowest BCUT2D eigenvalue weighted by Crippen LogP contribution is -2.25. The summed E-state index contributed by atoms with van der Waals surface area (Å²) in [6.07, 6.45) is -0.339. The maximum atomic E-state index is 12.0. The topological polar surface area (TPSA) is 101 Å². The molecule has 1 aliphatic rings. The van der Waals surface area contributed by atoms with Crippen LogP contribution in [0.3, 0.4) is 0 Å². The maximum Gasteiger partial charge on any atom is 0.237 e. The van der Waals surface area contributed by atoms with Gasteiger partial charge in [0.05, 0.1) is 18.2 Å². The molecule has 0 saturated heterocycles. The molecule has 6 heteroatoms. The summed E-state index contributed by atoms with van der Waals surface area (Å²) in [4.78, 5) is 35.0. The van der Waals surface area contributed by atoms with E-state index < -0.39 is 23.1 Å². The lowest BCUT2D eigenvalue weighted by Gasteiger charge is -2.19. The van der Waals surface area contributed by atoms with E-state index in [-0.39, 0.29) is 34.7 Å². The Bertz CT molecular complexity index is 668. The van der Waals surface area contributed by atoms with Gasteiger partial charge in [0.1, 0.15) is 23.0 Å². The number of aliphatic hydroxyl groups excluding tert-OH is 1. The SMILES string of the molecule is COc1cc(O)c2c(c1)C(O)=C(CC(C)=O)C(=O)C2=O. The number of Topliss-reactive ketones (excluding diaryl/α,β-unsaturated/α-hetero) is 3. The van der Waals surface area contributed by atoms with Crippen LogP contribution < -0.4 is 4.74 Å². The van der Waals surface area contributed by atoms with Gasteiger partial charge in [-0.25, -0.2) is 0 Å². The summed E-state index contributed by atoms with van der Waals surface area (Å²) in [5.41, 5.74) is -0.550. The van der Waals surface area contributed by atoms with E-state index in [0.29, 0.717) is 0 Å². The molecule has 0 radical (unpaired) electrons. The zero-order valence-corrected chi connectivity index (χ0v) is 10.9. The first-order valence-corrected chi connectivity index (χ1v) is 5.78. The van der Waals surface area contributed by atoms with Gasteiger partial charge in [-0.1, -0.05) is 0 Å². The van der Waals surface area contributed by atoms with Crippen molar-refractivity contribution in [2.24, 2.45) is 0 Å². The van der Waals surface area contributed by atoms with Gasteiger partial charge in [0.25, 0.3) is 0 Å². The van der Waals surface area contributed by atoms with Gasteiger partial charge in [-0.2, -0.15) is 0 Å². The number of fused-ring (bicyclic) bond motifs is 1. The highest BCUT2D eigenvalue weighted by Gasteiger charge is 2.35. The Labute approximate surface area is 114 Å². The minimum atomic E-state index is -0.981. The number of ether oxygens (including phenoxy) is 1. The van der Waals surface area contributed by atoms with E-state index in [0.717, 1.165) is 0 Å². The van der Waals surface area contributed by atoms with E-state index >= 15 is 0 Å². The van der Waals surface area contributed by atoms with Crippen LogP contribution in [0.1, 0.15) is 29.3 Å². The zero-order valence-electron chi connectivity index (χ0n) is 10.9. The van der Waals surface area contributed by atoms with Crippen LogP contribution in [0.15, 0.2) is 17.7 Å². The average Bonchev–Trinajstić information content (AvgIpc) is 2.40. The molecule has 1 aliphatic carbocycles. The third kappa shape index (κ3) is 2.05. The van der Waals surface area contributed by atoms with E-state index in [4.69, 9.17) is 4.74 Å². The molecule has 0 bridgehead atoms. The molecule has 104 valence electrons. The Morgan fingerprint density at radius 1 is 1.20 bits per heavy atom. The number of carbonyl (C=O) groups is 3. The standard InChI is InChI=1S/C14H12O6/c1-6(15)3-9-12(17)8-4-7(20-2)5-10(16)11(8)14(19)13(9)18/h4-5,16-17H,3H2,1-2H3. The first-order valence-electron chi connectivity index (χ1n) is 5.78. The van der Waals surface area contributed by atoms with Crippen LogP contribution in [0.2, 0.25) is 0 Å². The van der Waals surface area contributed by atoms with Crippen LogP contribution >= 0.6 is 0 Å². The summed E-state index contributed by atoms with van der Waals surface area (Å²) in [7, 11) is 1.36. The van der Waals surface area contributed by atoms with Crippen molar-refractivity contribution >= 4 is 23.1 Å². The normalized spacial score (nSPS) is 14.3. The van der Waals surface area contributed by atoms with Crippen molar-refractivity contribution in [2.45, 2.75) is 13.3 Å². The molecule has 20 heavy (non-hydrogen) atoms. The fourth-order valence-corrected chi connectivity index (χ4v) is 2.08. The highest BCUT2D eigenvalue weighted by molar-refractivity contribution is 6.53. The van der Waals surface area contributed by atoms with Gasteiger partial charge in [0.15, 0.2) is 0 Å². The number of benzene rings is 1. The Hall–Kier alpha value is -2.63. The molecular weight excluding hydrogens is 264 g/mol. The largest absolute Gasteiger partial charge is 0.507 e. The number of methoxy groups -OCH3 is 1. The van der Waals surface area contributed by atoms with Crippen molar-refractivity contribution in [1.29, 1.82) is 0 Å². The van der Waals surface area contributed by atoms with Crippen LogP contribution in [-0.4, -0.2) is 34.7 Å². The second-order valence-corrected chi connectivity index (χ2v) is 4.43. The number of phenols is 1. The number of ketones is 3. The van der Waals surface area contributed by atoms with E-state index in [2.05, 4.69) is 0 Å². The molecule has 0 saturated carbocycles. The van der Waals surface area contributed by atoms with E-state index in [1.807, 2.05) is 0 Å². The van der Waals surface area contributed by atoms with Crippen molar-refractivity contribution in [3.05, 3.63) is 28.8 Å². The monoisotopic (exact) mass is 276 g/mol. The van der Waals surface area contributed by atoms with E-state index in [9.17, 15) is 24.6 Å². The lowest BCUT2D eigenvalue weighted by atomic mass is 9.85. The molecule has 0 unspecified atom stereocenters. The average molecular weight is 276 g/mol. The molecule has 0 aliphatic heterocycles. The molecule has 2 N–H and O–H groups in total. The van der Waals surface area contributed by atoms with E-state index in [1.54, 1.807) is 0 Å². The summed E-state index contributed by atoms with van der Waals surface area (Å²) >= 11 is 0. The number of phenolic OH excluding ortho intramolecular Hbond substituents is 1. The molecule has 1 aromatic rings. The second kappa shape index (κ2) is 4.80. The molecule has 0 heterocycles. The van der Waals surface area contributed by atoms with Crippen molar-refractivity contribution < 1.29 is 29.3 Å². The van der Waals surface area contributed by atoms with Gasteiger partial charge in [-0.3, -0.25) is 14.4 Å². The van der Waals surface area contributed by atoms with Gasteiger partial charge in [-0.15, -0.1) is 0 Å². The number of aliphatic hydroxyl groups is 1. The zero-order chi connectivity index (χ0) is 15.0. The van der Waals surface area contributed by atoms with Crippen LogP contribution in [0, 0.1) is 0 Å². The minimum Gasteiger partial charge on any atom is -0.507 e. The van der Waals surface area contributed by atoms with Gasteiger partial charge in [-0.05, 0) is 13.0 Å². The molecular formula is C14H12O6. The van der Waals surface area contributed by atoms with Crippen LogP contribution in [0.5, 0.6) is 11.5 Å². The highest BCUT2D eigenvalue weighted by Crippen LogP contribution is 2.37. The van der Waals surface area contributed by atoms with Crippen LogP contribution in [-0.2, 0) is 9.59 Å². The maximum absolute atomic E-state index is 12.0. The third-order valence-electron chi connectivity index (χ3n) is 3.00. The smallest absolute Gasteiger partial charge is 0.237 e. The summed E-state index contributed by atoms with van der Waals surface area (Å²) in [6.45, 7) is 1.25. The first kappa shape index (κ1) is 13.8. The van der Waals surface area contributed by atoms with Crippen LogP contribution in [0.25, 0.3) is 5.76 Å². The number of carbonyl (C=O) groups excluding carboxylic acids is 3. The Morgan fingerprint density at radius 2 is 1.85 bits per heavy atom. The fourth-order valence-electron chi connectivity index (χ4n) is 2.08. The first-order chi connectivity index (χ1) is 9.36. The molecule has 0 amide bonds. The quantitative estimate of drug-likeness (QED) is 0.809. The molecule has 2 rings (SSSR count). The van der Waals surface area contributed by atoms with Crippen molar-refractivity contribution in [3.8, 4) is 11.5 Å². The molecule has 0 fully saturated rings. The highest BCUT2D eigenvalue weighted by atomic mass is 16.5. The van der Waals surface area contributed by atoms with Gasteiger partial charge < -0.3 is 14.9 Å². The Kier molecular flexibility index (Phi) is 3.31. The number of hydrogen-bond donors (Lipinski definition) is 2. The van der Waals surface area contributed by atoms with Gasteiger partial charge >= 0.3 is 0 Å². The van der Waals surface area contributed by atoms with Crippen molar-refractivity contribution in [2.75, 3.05) is 7.11 Å². The molecule has 1 aromatic carbocycles.